The van der Waals surface area contributed by atoms with Gasteiger partial charge in [0.1, 0.15) is 10.4 Å². The molecule has 0 aliphatic carbocycles. The molecule has 124 valence electrons. The molecule has 2 aromatic heterocycles. The first-order valence-electron chi connectivity index (χ1n) is 7.52. The van der Waals surface area contributed by atoms with Gasteiger partial charge in [0.25, 0.3) is 5.91 Å². The number of carbonyl (C=O) groups is 1. The molecule has 3 heterocycles. The average molecular weight is 380 g/mol. The highest BCUT2D eigenvalue weighted by molar-refractivity contribution is 7.22. The zero-order chi connectivity index (χ0) is 16.7. The number of aryl methyl sites for hydroxylation is 1. The first kappa shape index (κ1) is 15.7. The van der Waals surface area contributed by atoms with Gasteiger partial charge in [-0.05, 0) is 30.6 Å². The third-order valence-corrected chi connectivity index (χ3v) is 6.24. The molecular weight excluding hydrogens is 366 g/mol. The molecule has 1 aliphatic heterocycles. The van der Waals surface area contributed by atoms with E-state index in [1.54, 1.807) is 11.3 Å². The van der Waals surface area contributed by atoms with Crippen molar-refractivity contribution in [1.29, 1.82) is 0 Å². The lowest BCUT2D eigenvalue weighted by Gasteiger charge is -2.34. The average Bonchev–Trinajstić information content (AvgIpc) is 3.21. The lowest BCUT2D eigenvalue weighted by Crippen LogP contribution is -2.48. The zero-order valence-electron chi connectivity index (χ0n) is 12.9. The predicted octanol–water partition coefficient (Wildman–Crippen LogP) is 3.07. The summed E-state index contributed by atoms with van der Waals surface area (Å²) in [5.74, 6) is 0.0227. The van der Waals surface area contributed by atoms with Gasteiger partial charge in [-0.25, -0.2) is 4.98 Å². The van der Waals surface area contributed by atoms with E-state index in [1.807, 2.05) is 30.0 Å². The molecule has 4 rings (SSSR count). The third kappa shape index (κ3) is 2.74. The fraction of sp³-hybridized carbons (Fsp3) is 0.333. The van der Waals surface area contributed by atoms with Crippen molar-refractivity contribution in [2.75, 3.05) is 31.1 Å². The van der Waals surface area contributed by atoms with Crippen molar-refractivity contribution in [2.24, 2.45) is 0 Å². The summed E-state index contributed by atoms with van der Waals surface area (Å²) in [6.07, 6.45) is 0. The largest absolute Gasteiger partial charge is 0.345 e. The number of anilines is 1. The van der Waals surface area contributed by atoms with Gasteiger partial charge < -0.3 is 9.80 Å². The van der Waals surface area contributed by atoms with Crippen LogP contribution in [0.1, 0.15) is 15.4 Å². The van der Waals surface area contributed by atoms with Gasteiger partial charge in [-0.15, -0.1) is 5.10 Å². The molecule has 1 saturated heterocycles. The number of carbonyl (C=O) groups excluding carboxylic acids is 1. The molecule has 1 amide bonds. The van der Waals surface area contributed by atoms with Crippen LogP contribution in [-0.2, 0) is 0 Å². The lowest BCUT2D eigenvalue weighted by molar-refractivity contribution is 0.0750. The normalized spacial score (nSPS) is 15.2. The summed E-state index contributed by atoms with van der Waals surface area (Å²) in [6, 6.07) is 5.83. The molecule has 1 fully saturated rings. The standard InChI is InChI=1S/C15H14ClN5OS2/c1-9-13(24-19-18-9)14(22)20-5-7-21(8-6-20)15-17-12-10(16)3-2-4-11(12)23-15/h2-4H,5-8H2,1H3. The smallest absolute Gasteiger partial charge is 0.267 e. The van der Waals surface area contributed by atoms with E-state index in [0.29, 0.717) is 28.7 Å². The van der Waals surface area contributed by atoms with E-state index in [2.05, 4.69) is 19.5 Å². The molecule has 0 radical (unpaired) electrons. The van der Waals surface area contributed by atoms with Crippen LogP contribution in [0.4, 0.5) is 5.13 Å². The van der Waals surface area contributed by atoms with Gasteiger partial charge in [-0.2, -0.15) is 0 Å². The van der Waals surface area contributed by atoms with Gasteiger partial charge in [0.2, 0.25) is 0 Å². The van der Waals surface area contributed by atoms with Crippen LogP contribution in [0.25, 0.3) is 10.2 Å². The van der Waals surface area contributed by atoms with Crippen LogP contribution >= 0.6 is 34.5 Å². The SMILES string of the molecule is Cc1nnsc1C(=O)N1CCN(c2nc3c(Cl)cccc3s2)CC1. The van der Waals surface area contributed by atoms with E-state index in [4.69, 9.17) is 11.6 Å². The number of piperazine rings is 1. The summed E-state index contributed by atoms with van der Waals surface area (Å²) in [6.45, 7) is 4.67. The Kier molecular flexibility index (Phi) is 4.11. The molecule has 0 spiro atoms. The van der Waals surface area contributed by atoms with Crippen molar-refractivity contribution in [1.82, 2.24) is 19.5 Å². The highest BCUT2D eigenvalue weighted by atomic mass is 35.5. The van der Waals surface area contributed by atoms with Gasteiger partial charge in [0, 0.05) is 26.2 Å². The summed E-state index contributed by atoms with van der Waals surface area (Å²) in [7, 11) is 0. The number of thiazole rings is 1. The highest BCUT2D eigenvalue weighted by Crippen LogP contribution is 2.33. The summed E-state index contributed by atoms with van der Waals surface area (Å²) >= 11 is 9.01. The maximum Gasteiger partial charge on any atom is 0.267 e. The molecule has 0 atom stereocenters. The Balaban J connectivity index is 1.48. The molecule has 1 aromatic carbocycles. The fourth-order valence-electron chi connectivity index (χ4n) is 2.71. The van der Waals surface area contributed by atoms with Crippen LogP contribution < -0.4 is 4.90 Å². The van der Waals surface area contributed by atoms with Gasteiger partial charge in [-0.3, -0.25) is 4.79 Å². The number of amides is 1. The number of halogens is 1. The van der Waals surface area contributed by atoms with Gasteiger partial charge in [0.15, 0.2) is 5.13 Å². The quantitative estimate of drug-likeness (QED) is 0.684. The third-order valence-electron chi connectivity index (χ3n) is 4.04. The van der Waals surface area contributed by atoms with Crippen LogP contribution in [0, 0.1) is 6.92 Å². The Morgan fingerprint density at radius 1 is 1.25 bits per heavy atom. The first-order valence-corrected chi connectivity index (χ1v) is 9.48. The molecule has 9 heteroatoms. The second-order valence-electron chi connectivity index (χ2n) is 5.55. The van der Waals surface area contributed by atoms with Gasteiger partial charge in [0.05, 0.1) is 15.4 Å². The van der Waals surface area contributed by atoms with Gasteiger partial charge >= 0.3 is 0 Å². The van der Waals surface area contributed by atoms with Crippen molar-refractivity contribution in [3.05, 3.63) is 33.8 Å². The number of nitrogens with zero attached hydrogens (tertiary/aromatic N) is 5. The molecule has 3 aromatic rings. The Labute approximate surface area is 151 Å². The Bertz CT molecular complexity index is 900. The van der Waals surface area contributed by atoms with Crippen molar-refractivity contribution >= 4 is 55.7 Å². The van der Waals surface area contributed by atoms with Crippen LogP contribution in [0.5, 0.6) is 0 Å². The van der Waals surface area contributed by atoms with E-state index in [1.165, 1.54) is 0 Å². The first-order chi connectivity index (χ1) is 11.6. The van der Waals surface area contributed by atoms with Crippen molar-refractivity contribution in [3.8, 4) is 0 Å². The number of fused-ring (bicyclic) bond motifs is 1. The molecular formula is C15H14ClN5OS2. The summed E-state index contributed by atoms with van der Waals surface area (Å²) in [5, 5.41) is 5.55. The molecule has 0 unspecified atom stereocenters. The summed E-state index contributed by atoms with van der Waals surface area (Å²) in [4.78, 5) is 21.9. The number of hydrogen-bond acceptors (Lipinski definition) is 7. The van der Waals surface area contributed by atoms with Crippen LogP contribution in [0.2, 0.25) is 5.02 Å². The second kappa shape index (κ2) is 6.27. The number of rotatable bonds is 2. The predicted molar refractivity (Wildman–Crippen MR) is 97.4 cm³/mol. The summed E-state index contributed by atoms with van der Waals surface area (Å²) in [5.41, 5.74) is 1.55. The highest BCUT2D eigenvalue weighted by Gasteiger charge is 2.26. The summed E-state index contributed by atoms with van der Waals surface area (Å²) < 4.78 is 4.93. The lowest BCUT2D eigenvalue weighted by atomic mass is 10.3. The zero-order valence-corrected chi connectivity index (χ0v) is 15.3. The number of benzene rings is 1. The van der Waals surface area contributed by atoms with E-state index in [-0.39, 0.29) is 5.91 Å². The fourth-order valence-corrected chi connectivity index (χ4v) is 4.65. The van der Waals surface area contributed by atoms with Crippen LogP contribution in [0.3, 0.4) is 0 Å². The molecule has 0 saturated carbocycles. The molecule has 0 bridgehead atoms. The monoisotopic (exact) mass is 379 g/mol. The van der Waals surface area contributed by atoms with E-state index in [9.17, 15) is 4.79 Å². The van der Waals surface area contributed by atoms with Crippen molar-refractivity contribution in [2.45, 2.75) is 6.92 Å². The molecule has 0 N–H and O–H groups in total. The molecule has 6 nitrogen and oxygen atoms in total. The van der Waals surface area contributed by atoms with Crippen molar-refractivity contribution in [3.63, 3.8) is 0 Å². The van der Waals surface area contributed by atoms with E-state index in [0.717, 1.165) is 40.0 Å². The minimum absolute atomic E-state index is 0.0227. The number of hydrogen-bond donors (Lipinski definition) is 0. The van der Waals surface area contributed by atoms with E-state index < -0.39 is 0 Å². The maximum absolute atomic E-state index is 12.5. The van der Waals surface area contributed by atoms with Gasteiger partial charge in [-0.1, -0.05) is 33.5 Å². The Morgan fingerprint density at radius 2 is 2.04 bits per heavy atom. The Morgan fingerprint density at radius 3 is 2.71 bits per heavy atom. The molecule has 24 heavy (non-hydrogen) atoms. The minimum Gasteiger partial charge on any atom is -0.345 e. The maximum atomic E-state index is 12.5. The number of para-hydroxylation sites is 1. The second-order valence-corrected chi connectivity index (χ2v) is 7.72. The van der Waals surface area contributed by atoms with Crippen molar-refractivity contribution < 1.29 is 4.79 Å². The van der Waals surface area contributed by atoms with Crippen LogP contribution in [0.15, 0.2) is 18.2 Å². The minimum atomic E-state index is 0.0227. The topological polar surface area (TPSA) is 62.2 Å². The van der Waals surface area contributed by atoms with E-state index >= 15 is 0 Å². The Hall–Kier alpha value is -1.77. The number of aromatic nitrogens is 3. The van der Waals surface area contributed by atoms with Crippen LogP contribution in [-0.4, -0.2) is 51.6 Å². The molecule has 1 aliphatic rings.